The number of halogens is 7. The molecule has 2 aromatic carbocycles. The zero-order valence-corrected chi connectivity index (χ0v) is 21.4. The highest BCUT2D eigenvalue weighted by molar-refractivity contribution is 6.36. The number of rotatable bonds is 7. The third kappa shape index (κ3) is 6.08. The Hall–Kier alpha value is -3.87. The number of amides is 2. The average molecular weight is 575 g/mol. The van der Waals surface area contributed by atoms with Crippen LogP contribution in [0, 0.1) is 6.92 Å². The summed E-state index contributed by atoms with van der Waals surface area (Å²) in [5.41, 5.74) is 0.671. The number of alkyl halides is 6. The molecular weight excluding hydrogens is 554 g/mol. The lowest BCUT2D eigenvalue weighted by atomic mass is 9.97. The molecular formula is C25H21ClF6N4O3. The minimum atomic E-state index is -5.10. The van der Waals surface area contributed by atoms with E-state index in [-0.39, 0.29) is 43.7 Å². The van der Waals surface area contributed by atoms with Crippen molar-refractivity contribution in [2.75, 3.05) is 4.90 Å². The van der Waals surface area contributed by atoms with Crippen LogP contribution in [0.25, 0.3) is 0 Å². The van der Waals surface area contributed by atoms with Crippen LogP contribution in [0.2, 0.25) is 5.02 Å². The molecule has 0 aliphatic heterocycles. The third-order valence-electron chi connectivity index (χ3n) is 5.76. The number of aldehydes is 1. The number of benzene rings is 2. The topological polar surface area (TPSA) is 98.3 Å². The van der Waals surface area contributed by atoms with Gasteiger partial charge in [0.25, 0.3) is 5.91 Å². The predicted octanol–water partition coefficient (Wildman–Crippen LogP) is 5.65. The van der Waals surface area contributed by atoms with E-state index in [4.69, 9.17) is 17.3 Å². The zero-order chi connectivity index (χ0) is 29.5. The number of carbonyl (C=O) groups excluding carboxylic acids is 3. The Morgan fingerprint density at radius 2 is 1.69 bits per heavy atom. The molecule has 7 nitrogen and oxygen atoms in total. The van der Waals surface area contributed by atoms with Gasteiger partial charge >= 0.3 is 12.4 Å². The maximum Gasteiger partial charge on any atom is 0.435 e. The standard InChI is InChI=1S/C25H21ClF6N4O3/c1-13-9-14(11-35-19(25(30,31)32)10-18(34-35)24(27,28)29)7-8-17(13)36(23(2,3)12-37)22(39)20-15(21(33)38)5-4-6-16(20)26/h4-10,12H,11H2,1-3H3,(H2,33,38). The Labute approximate surface area is 223 Å². The van der Waals surface area contributed by atoms with Crippen molar-refractivity contribution in [3.63, 3.8) is 0 Å². The quantitative estimate of drug-likeness (QED) is 0.291. The molecule has 0 saturated heterocycles. The van der Waals surface area contributed by atoms with E-state index >= 15 is 0 Å². The number of nitrogens with zero attached hydrogens (tertiary/aromatic N) is 3. The van der Waals surface area contributed by atoms with Gasteiger partial charge in [0.05, 0.1) is 28.2 Å². The predicted molar refractivity (Wildman–Crippen MR) is 129 cm³/mol. The van der Waals surface area contributed by atoms with Crippen LogP contribution in [0.1, 0.15) is 57.1 Å². The molecule has 39 heavy (non-hydrogen) atoms. The highest BCUT2D eigenvalue weighted by Crippen LogP contribution is 2.36. The van der Waals surface area contributed by atoms with Crippen LogP contribution in [0.15, 0.2) is 42.5 Å². The molecule has 0 spiro atoms. The van der Waals surface area contributed by atoms with Gasteiger partial charge < -0.3 is 10.5 Å². The molecule has 2 N–H and O–H groups in total. The number of anilines is 1. The molecule has 0 fully saturated rings. The molecule has 0 aliphatic carbocycles. The van der Waals surface area contributed by atoms with E-state index in [1.807, 2.05) is 0 Å². The lowest BCUT2D eigenvalue weighted by molar-refractivity contribution is -0.144. The molecule has 0 radical (unpaired) electrons. The number of aryl methyl sites for hydroxylation is 1. The average Bonchev–Trinajstić information content (AvgIpc) is 3.25. The van der Waals surface area contributed by atoms with Gasteiger partial charge in [-0.2, -0.15) is 31.4 Å². The van der Waals surface area contributed by atoms with Crippen molar-refractivity contribution in [1.29, 1.82) is 0 Å². The molecule has 208 valence electrons. The number of hydrogen-bond donors (Lipinski definition) is 1. The molecule has 0 atom stereocenters. The lowest BCUT2D eigenvalue weighted by Crippen LogP contribution is -2.50. The zero-order valence-electron chi connectivity index (χ0n) is 20.6. The van der Waals surface area contributed by atoms with Gasteiger partial charge in [-0.05, 0) is 50.1 Å². The Morgan fingerprint density at radius 3 is 2.21 bits per heavy atom. The fourth-order valence-electron chi connectivity index (χ4n) is 3.94. The second-order valence-corrected chi connectivity index (χ2v) is 9.53. The molecule has 0 unspecified atom stereocenters. The van der Waals surface area contributed by atoms with Gasteiger partial charge in [-0.3, -0.25) is 19.2 Å². The van der Waals surface area contributed by atoms with Crippen molar-refractivity contribution in [3.05, 3.63) is 81.1 Å². The highest BCUT2D eigenvalue weighted by atomic mass is 35.5. The number of carbonyl (C=O) groups is 3. The number of nitrogens with two attached hydrogens (primary N) is 1. The summed E-state index contributed by atoms with van der Waals surface area (Å²) in [6.45, 7) is 3.62. The molecule has 3 aromatic rings. The first kappa shape index (κ1) is 29.7. The Morgan fingerprint density at radius 1 is 1.05 bits per heavy atom. The van der Waals surface area contributed by atoms with Crippen molar-refractivity contribution in [3.8, 4) is 0 Å². The largest absolute Gasteiger partial charge is 0.435 e. The molecule has 0 bridgehead atoms. The summed E-state index contributed by atoms with van der Waals surface area (Å²) in [4.78, 5) is 38.7. The van der Waals surface area contributed by atoms with Gasteiger partial charge in [-0.1, -0.05) is 29.8 Å². The van der Waals surface area contributed by atoms with E-state index in [1.54, 1.807) is 0 Å². The van der Waals surface area contributed by atoms with Crippen molar-refractivity contribution in [2.24, 2.45) is 5.73 Å². The molecule has 14 heteroatoms. The molecule has 0 aliphatic rings. The van der Waals surface area contributed by atoms with Crippen molar-refractivity contribution < 1.29 is 40.7 Å². The second kappa shape index (κ2) is 10.4. The fourth-order valence-corrected chi connectivity index (χ4v) is 4.19. The van der Waals surface area contributed by atoms with Gasteiger partial charge in [-0.15, -0.1) is 0 Å². The summed E-state index contributed by atoms with van der Waals surface area (Å²) in [6.07, 6.45) is -9.72. The minimum Gasteiger partial charge on any atom is -0.366 e. The maximum absolute atomic E-state index is 13.7. The van der Waals surface area contributed by atoms with Crippen LogP contribution in [0.3, 0.4) is 0 Å². The number of aromatic nitrogens is 2. The van der Waals surface area contributed by atoms with Crippen LogP contribution in [-0.2, 0) is 23.7 Å². The summed E-state index contributed by atoms with van der Waals surface area (Å²) in [5.74, 6) is -1.81. The summed E-state index contributed by atoms with van der Waals surface area (Å²) in [7, 11) is 0. The van der Waals surface area contributed by atoms with Gasteiger partial charge in [0.15, 0.2) is 5.69 Å². The van der Waals surface area contributed by atoms with Gasteiger partial charge in [0, 0.05) is 11.8 Å². The van der Waals surface area contributed by atoms with E-state index in [2.05, 4.69) is 5.10 Å². The minimum absolute atomic E-state index is 0.0752. The van der Waals surface area contributed by atoms with Crippen molar-refractivity contribution >= 4 is 35.4 Å². The van der Waals surface area contributed by atoms with E-state index < -0.39 is 47.6 Å². The normalized spacial score (nSPS) is 12.4. The highest BCUT2D eigenvalue weighted by Gasteiger charge is 2.42. The van der Waals surface area contributed by atoms with Crippen molar-refractivity contribution in [2.45, 2.75) is 45.2 Å². The first-order valence-corrected chi connectivity index (χ1v) is 11.5. The monoisotopic (exact) mass is 574 g/mol. The van der Waals surface area contributed by atoms with Gasteiger partial charge in [-0.25, -0.2) is 0 Å². The molecule has 1 heterocycles. The molecule has 3 rings (SSSR count). The summed E-state index contributed by atoms with van der Waals surface area (Å²) in [5, 5.41) is 2.97. The van der Waals surface area contributed by atoms with Crippen LogP contribution < -0.4 is 10.6 Å². The first-order valence-electron chi connectivity index (χ1n) is 11.1. The van der Waals surface area contributed by atoms with Crippen LogP contribution in [0.5, 0.6) is 0 Å². The van der Waals surface area contributed by atoms with Crippen LogP contribution in [0.4, 0.5) is 32.0 Å². The number of hydrogen-bond acceptors (Lipinski definition) is 4. The lowest BCUT2D eigenvalue weighted by Gasteiger charge is -2.36. The summed E-state index contributed by atoms with van der Waals surface area (Å²) in [6, 6.07) is 7.89. The SMILES string of the molecule is Cc1cc(Cn2nc(C(F)(F)F)cc2C(F)(F)F)ccc1N(C(=O)c1c(Cl)cccc1C(N)=O)C(C)(C)C=O. The van der Waals surface area contributed by atoms with Crippen LogP contribution in [-0.4, -0.2) is 33.4 Å². The smallest absolute Gasteiger partial charge is 0.366 e. The first-order chi connectivity index (χ1) is 17.9. The molecule has 0 saturated carbocycles. The van der Waals surface area contributed by atoms with Crippen molar-refractivity contribution in [1.82, 2.24) is 9.78 Å². The second-order valence-electron chi connectivity index (χ2n) is 9.13. The van der Waals surface area contributed by atoms with E-state index in [0.29, 0.717) is 6.29 Å². The fraction of sp³-hybridized carbons (Fsp3) is 0.280. The molecule has 2 amide bonds. The molecule has 1 aromatic heterocycles. The maximum atomic E-state index is 13.7. The number of primary amides is 1. The third-order valence-corrected chi connectivity index (χ3v) is 6.07. The Bertz CT molecular complexity index is 1450. The van der Waals surface area contributed by atoms with E-state index in [1.165, 1.54) is 57.2 Å². The van der Waals surface area contributed by atoms with E-state index in [9.17, 15) is 40.7 Å². The van der Waals surface area contributed by atoms with E-state index in [0.717, 1.165) is 4.90 Å². The summed E-state index contributed by atoms with van der Waals surface area (Å²) < 4.78 is 79.5. The van der Waals surface area contributed by atoms with Gasteiger partial charge in [0.1, 0.15) is 12.0 Å². The Balaban J connectivity index is 2.10. The van der Waals surface area contributed by atoms with Crippen LogP contribution >= 0.6 is 11.6 Å². The van der Waals surface area contributed by atoms with Gasteiger partial charge in [0.2, 0.25) is 5.91 Å². The summed E-state index contributed by atoms with van der Waals surface area (Å²) >= 11 is 6.21. The Kier molecular flexibility index (Phi) is 7.89.